The molecule has 0 amide bonds. The molecule has 2 heteroatoms. The van der Waals surface area contributed by atoms with E-state index in [-0.39, 0.29) is 6.04 Å². The molecule has 1 aromatic heterocycles. The summed E-state index contributed by atoms with van der Waals surface area (Å²) in [5.41, 5.74) is 12.4. The molecule has 0 radical (unpaired) electrons. The Balaban J connectivity index is 1.85. The fourth-order valence-corrected chi connectivity index (χ4v) is 2.62. The first kappa shape index (κ1) is 13.8. The predicted molar refractivity (Wildman–Crippen MR) is 88.3 cm³/mol. The van der Waals surface area contributed by atoms with Crippen LogP contribution < -0.4 is 5.73 Å². The lowest BCUT2D eigenvalue weighted by Crippen LogP contribution is -2.13. The van der Waals surface area contributed by atoms with Crippen LogP contribution in [0.2, 0.25) is 0 Å². The molecule has 3 aromatic rings. The zero-order chi connectivity index (χ0) is 14.8. The molecule has 106 valence electrons. The van der Waals surface area contributed by atoms with Gasteiger partial charge in [-0.1, -0.05) is 36.4 Å². The van der Waals surface area contributed by atoms with Crippen LogP contribution in [0.5, 0.6) is 0 Å². The summed E-state index contributed by atoms with van der Waals surface area (Å²) in [6.45, 7) is 4.28. The Bertz CT molecular complexity index is 777. The van der Waals surface area contributed by atoms with E-state index in [9.17, 15) is 0 Å². The molecular formula is C19H20N2. The first-order valence-corrected chi connectivity index (χ1v) is 7.30. The van der Waals surface area contributed by atoms with Gasteiger partial charge in [-0.2, -0.15) is 0 Å². The van der Waals surface area contributed by atoms with Gasteiger partial charge in [0.25, 0.3) is 0 Å². The summed E-state index contributed by atoms with van der Waals surface area (Å²) in [5.74, 6) is 0. The van der Waals surface area contributed by atoms with Gasteiger partial charge in [0.05, 0.1) is 5.52 Å². The molecule has 2 aromatic carbocycles. The molecule has 0 bridgehead atoms. The van der Waals surface area contributed by atoms with Crippen molar-refractivity contribution in [3.05, 3.63) is 77.0 Å². The van der Waals surface area contributed by atoms with Crippen molar-refractivity contribution in [2.75, 3.05) is 0 Å². The molecule has 0 aliphatic rings. The number of aromatic nitrogens is 1. The van der Waals surface area contributed by atoms with Gasteiger partial charge < -0.3 is 5.73 Å². The number of pyridine rings is 1. The summed E-state index contributed by atoms with van der Waals surface area (Å²) in [7, 11) is 0. The topological polar surface area (TPSA) is 38.9 Å². The van der Waals surface area contributed by atoms with Gasteiger partial charge in [-0.15, -0.1) is 0 Å². The lowest BCUT2D eigenvalue weighted by Gasteiger charge is -2.14. The van der Waals surface area contributed by atoms with Gasteiger partial charge in [0.15, 0.2) is 0 Å². The van der Waals surface area contributed by atoms with Crippen molar-refractivity contribution in [1.82, 2.24) is 4.98 Å². The van der Waals surface area contributed by atoms with Gasteiger partial charge in [0.2, 0.25) is 0 Å². The number of benzene rings is 2. The quantitative estimate of drug-likeness (QED) is 0.782. The normalized spacial score (nSPS) is 12.5. The number of aryl methyl sites for hydroxylation is 2. The fraction of sp³-hybridized carbons (Fsp3) is 0.211. The maximum atomic E-state index is 6.38. The zero-order valence-corrected chi connectivity index (χ0v) is 12.5. The minimum atomic E-state index is -0.00138. The predicted octanol–water partition coefficient (Wildman–Crippen LogP) is 4.09. The van der Waals surface area contributed by atoms with Crippen LogP contribution in [0.25, 0.3) is 10.9 Å². The molecule has 1 atom stereocenters. The van der Waals surface area contributed by atoms with E-state index >= 15 is 0 Å². The molecule has 0 aliphatic carbocycles. The van der Waals surface area contributed by atoms with E-state index < -0.39 is 0 Å². The smallest absolute Gasteiger partial charge is 0.0705 e. The molecular weight excluding hydrogens is 256 g/mol. The van der Waals surface area contributed by atoms with Gasteiger partial charge in [-0.05, 0) is 54.7 Å². The van der Waals surface area contributed by atoms with Crippen molar-refractivity contribution in [2.24, 2.45) is 5.73 Å². The van der Waals surface area contributed by atoms with E-state index in [2.05, 4.69) is 61.3 Å². The van der Waals surface area contributed by atoms with Crippen LogP contribution in [0.1, 0.15) is 28.3 Å². The van der Waals surface area contributed by atoms with Crippen molar-refractivity contribution in [2.45, 2.75) is 26.3 Å². The Labute approximate surface area is 125 Å². The third kappa shape index (κ3) is 2.96. The first-order chi connectivity index (χ1) is 10.1. The van der Waals surface area contributed by atoms with Crippen LogP contribution in [0.4, 0.5) is 0 Å². The number of rotatable bonds is 3. The molecule has 1 unspecified atom stereocenters. The summed E-state index contributed by atoms with van der Waals surface area (Å²) >= 11 is 0. The Morgan fingerprint density at radius 3 is 2.67 bits per heavy atom. The van der Waals surface area contributed by atoms with Gasteiger partial charge in [0.1, 0.15) is 0 Å². The van der Waals surface area contributed by atoms with Crippen molar-refractivity contribution >= 4 is 10.9 Å². The number of nitrogens with two attached hydrogens (primary N) is 1. The second-order valence-corrected chi connectivity index (χ2v) is 5.68. The van der Waals surface area contributed by atoms with Crippen molar-refractivity contribution in [3.63, 3.8) is 0 Å². The highest BCUT2D eigenvalue weighted by Crippen LogP contribution is 2.21. The maximum absolute atomic E-state index is 6.38. The third-order valence-corrected chi connectivity index (χ3v) is 4.09. The van der Waals surface area contributed by atoms with Crippen LogP contribution in [-0.2, 0) is 6.42 Å². The molecule has 0 aliphatic heterocycles. The van der Waals surface area contributed by atoms with Crippen molar-refractivity contribution in [3.8, 4) is 0 Å². The van der Waals surface area contributed by atoms with Crippen LogP contribution in [0.15, 0.2) is 54.7 Å². The molecule has 0 fully saturated rings. The molecule has 2 nitrogen and oxygen atoms in total. The van der Waals surface area contributed by atoms with Gasteiger partial charge in [-0.25, -0.2) is 0 Å². The molecule has 2 N–H and O–H groups in total. The second-order valence-electron chi connectivity index (χ2n) is 5.68. The van der Waals surface area contributed by atoms with Crippen LogP contribution >= 0.6 is 0 Å². The highest BCUT2D eigenvalue weighted by Gasteiger charge is 2.09. The van der Waals surface area contributed by atoms with Crippen molar-refractivity contribution in [1.29, 1.82) is 0 Å². The van der Waals surface area contributed by atoms with E-state index in [0.29, 0.717) is 0 Å². The minimum Gasteiger partial charge on any atom is -0.324 e. The average molecular weight is 276 g/mol. The Morgan fingerprint density at radius 1 is 1.00 bits per heavy atom. The monoisotopic (exact) mass is 276 g/mol. The molecule has 3 rings (SSSR count). The largest absolute Gasteiger partial charge is 0.324 e. The summed E-state index contributed by atoms with van der Waals surface area (Å²) in [5, 5.41) is 1.15. The molecule has 21 heavy (non-hydrogen) atoms. The maximum Gasteiger partial charge on any atom is 0.0705 e. The standard InChI is InChI=1S/C19H20N2/c1-13-5-6-15(10-14(13)2)11-18(20)17-8-7-16-4-3-9-21-19(16)12-17/h3-10,12,18H,11,20H2,1-2H3. The molecule has 0 saturated carbocycles. The summed E-state index contributed by atoms with van der Waals surface area (Å²) in [6, 6.07) is 16.9. The lowest BCUT2D eigenvalue weighted by atomic mass is 9.96. The second kappa shape index (κ2) is 5.66. The van der Waals surface area contributed by atoms with E-state index in [1.807, 2.05) is 12.3 Å². The Morgan fingerprint density at radius 2 is 1.86 bits per heavy atom. The van der Waals surface area contributed by atoms with Gasteiger partial charge in [0, 0.05) is 17.6 Å². The van der Waals surface area contributed by atoms with Gasteiger partial charge >= 0.3 is 0 Å². The van der Waals surface area contributed by atoms with E-state index in [1.165, 1.54) is 16.7 Å². The van der Waals surface area contributed by atoms with Crippen LogP contribution in [-0.4, -0.2) is 4.98 Å². The zero-order valence-electron chi connectivity index (χ0n) is 12.5. The number of fused-ring (bicyclic) bond motifs is 1. The van der Waals surface area contributed by atoms with Crippen LogP contribution in [0.3, 0.4) is 0 Å². The highest BCUT2D eigenvalue weighted by molar-refractivity contribution is 5.79. The molecule has 0 saturated heterocycles. The van der Waals surface area contributed by atoms with E-state index in [1.54, 1.807) is 0 Å². The lowest BCUT2D eigenvalue weighted by molar-refractivity contribution is 0.722. The fourth-order valence-electron chi connectivity index (χ4n) is 2.62. The van der Waals surface area contributed by atoms with Gasteiger partial charge in [-0.3, -0.25) is 4.98 Å². The van der Waals surface area contributed by atoms with E-state index in [0.717, 1.165) is 22.9 Å². The molecule has 1 heterocycles. The highest BCUT2D eigenvalue weighted by atomic mass is 14.7. The van der Waals surface area contributed by atoms with Crippen molar-refractivity contribution < 1.29 is 0 Å². The Hall–Kier alpha value is -2.19. The molecule has 0 spiro atoms. The number of hydrogen-bond donors (Lipinski definition) is 1. The number of nitrogens with zero attached hydrogens (tertiary/aromatic N) is 1. The summed E-state index contributed by atoms with van der Waals surface area (Å²) in [6.07, 6.45) is 2.67. The summed E-state index contributed by atoms with van der Waals surface area (Å²) < 4.78 is 0. The third-order valence-electron chi connectivity index (χ3n) is 4.09. The average Bonchev–Trinajstić information content (AvgIpc) is 2.50. The SMILES string of the molecule is Cc1ccc(CC(N)c2ccc3cccnc3c2)cc1C. The Kier molecular flexibility index (Phi) is 3.72. The first-order valence-electron chi connectivity index (χ1n) is 7.30. The summed E-state index contributed by atoms with van der Waals surface area (Å²) in [4.78, 5) is 4.40. The minimum absolute atomic E-state index is 0.00138. The van der Waals surface area contributed by atoms with Crippen LogP contribution in [0, 0.1) is 13.8 Å². The van der Waals surface area contributed by atoms with E-state index in [4.69, 9.17) is 5.73 Å². The number of hydrogen-bond acceptors (Lipinski definition) is 2.